The molecule has 3 aliphatic rings. The molecular formula is C36H45N11O3. The van der Waals surface area contributed by atoms with Crippen LogP contribution in [0.5, 0.6) is 5.88 Å². The number of aromatic nitrogens is 3. The van der Waals surface area contributed by atoms with Crippen molar-refractivity contribution in [3.8, 4) is 5.88 Å². The summed E-state index contributed by atoms with van der Waals surface area (Å²) < 4.78 is 5.64. The van der Waals surface area contributed by atoms with Crippen molar-refractivity contribution in [3.63, 3.8) is 0 Å². The van der Waals surface area contributed by atoms with Crippen molar-refractivity contribution < 1.29 is 14.3 Å². The van der Waals surface area contributed by atoms with Crippen LogP contribution < -0.4 is 20.3 Å². The maximum Gasteiger partial charge on any atom is 0.236 e. The van der Waals surface area contributed by atoms with E-state index in [2.05, 4.69) is 29.8 Å². The first-order valence-electron chi connectivity index (χ1n) is 17.0. The van der Waals surface area contributed by atoms with Crippen LogP contribution in [0.4, 0.5) is 11.6 Å². The molecule has 3 aliphatic heterocycles. The highest BCUT2D eigenvalue weighted by molar-refractivity contribution is 6.11. The number of piperazine rings is 1. The maximum atomic E-state index is 14.0. The first kappa shape index (κ1) is 34.6. The van der Waals surface area contributed by atoms with Crippen LogP contribution >= 0.6 is 0 Å². The number of rotatable bonds is 10. The number of carbonyl (C=O) groups excluding carboxylic acids is 2. The molecule has 3 aromatic heterocycles. The van der Waals surface area contributed by atoms with E-state index in [9.17, 15) is 9.59 Å². The number of hydrogen-bond acceptors (Lipinski definition) is 10. The van der Waals surface area contributed by atoms with Crippen molar-refractivity contribution in [1.29, 1.82) is 5.41 Å². The van der Waals surface area contributed by atoms with Gasteiger partial charge in [0.2, 0.25) is 17.7 Å². The largest absolute Gasteiger partial charge is 0.475 e. The van der Waals surface area contributed by atoms with Gasteiger partial charge in [-0.05, 0) is 70.0 Å². The van der Waals surface area contributed by atoms with Crippen LogP contribution in [0.25, 0.3) is 0 Å². The lowest BCUT2D eigenvalue weighted by atomic mass is 9.85. The Morgan fingerprint density at radius 2 is 1.72 bits per heavy atom. The number of nitrogens with two attached hydrogens (primary N) is 1. The molecule has 1 atom stereocenters. The van der Waals surface area contributed by atoms with E-state index < -0.39 is 5.41 Å². The number of hydrogen-bond donors (Lipinski definition) is 2. The van der Waals surface area contributed by atoms with Crippen LogP contribution in [0.2, 0.25) is 0 Å². The van der Waals surface area contributed by atoms with Gasteiger partial charge in [-0.2, -0.15) is 0 Å². The number of nitrogens with zero attached hydrogens (tertiary/aromatic N) is 9. The molecule has 0 aromatic carbocycles. The van der Waals surface area contributed by atoms with Gasteiger partial charge in [0.05, 0.1) is 29.5 Å². The van der Waals surface area contributed by atoms with Crippen molar-refractivity contribution in [2.24, 2.45) is 21.1 Å². The smallest absolute Gasteiger partial charge is 0.236 e. The van der Waals surface area contributed by atoms with Crippen LogP contribution in [0, 0.1) is 17.7 Å². The van der Waals surface area contributed by atoms with E-state index in [1.165, 1.54) is 6.34 Å². The van der Waals surface area contributed by atoms with Gasteiger partial charge in [0.15, 0.2) is 0 Å². The van der Waals surface area contributed by atoms with Crippen LogP contribution in [0.1, 0.15) is 49.1 Å². The number of amidine groups is 1. The number of nitrogens with one attached hydrogen (secondary N) is 1. The molecule has 14 nitrogen and oxygen atoms in total. The third kappa shape index (κ3) is 7.34. The number of anilines is 2. The summed E-state index contributed by atoms with van der Waals surface area (Å²) in [6.45, 7) is 10.4. The third-order valence-electron chi connectivity index (χ3n) is 9.59. The zero-order valence-corrected chi connectivity index (χ0v) is 29.2. The Balaban J connectivity index is 1.03. The molecule has 0 radical (unpaired) electrons. The summed E-state index contributed by atoms with van der Waals surface area (Å²) in [5, 5.41) is 8.87. The van der Waals surface area contributed by atoms with Crippen LogP contribution in [-0.2, 0) is 9.59 Å². The SMILES string of the molecule is CN=CN=C(N)c1ccc(N2CCN(C(=O)CN3CC[C@]4(CCN(c5ccc(C)c(C(=N)c6ccc(OC(C)C)nc6)n5)C4=O)C3)CC2)nc1. The van der Waals surface area contributed by atoms with E-state index >= 15 is 0 Å². The van der Waals surface area contributed by atoms with E-state index in [0.29, 0.717) is 94.0 Å². The Morgan fingerprint density at radius 3 is 2.40 bits per heavy atom. The van der Waals surface area contributed by atoms with Crippen LogP contribution in [-0.4, -0.2) is 120 Å². The summed E-state index contributed by atoms with van der Waals surface area (Å²) in [5.41, 5.74) is 8.39. The summed E-state index contributed by atoms with van der Waals surface area (Å²) in [6, 6.07) is 11.1. The standard InChI is InChI=1S/C36H45N11O3/c1-24(2)50-30-10-7-26(19-41-30)32(37)33-25(3)5-8-29(43-33)47-14-12-36(35(47)49)11-13-44(22-36)21-31(48)46-17-15-45(16-18-46)28-9-6-27(20-40-28)34(38)42-23-39-4/h5-10,19-20,23-24,37H,11-18,21-22H2,1-4H3,(H2,38,39,42)/t36-/m0/s1. The van der Waals surface area contributed by atoms with Gasteiger partial charge in [0.1, 0.15) is 23.8 Å². The van der Waals surface area contributed by atoms with Crippen LogP contribution in [0.15, 0.2) is 58.8 Å². The first-order valence-corrected chi connectivity index (χ1v) is 17.0. The number of ether oxygens (including phenoxy) is 1. The van der Waals surface area contributed by atoms with Gasteiger partial charge < -0.3 is 20.3 Å². The fraction of sp³-hybridized carbons (Fsp3) is 0.444. The van der Waals surface area contributed by atoms with E-state index in [1.54, 1.807) is 36.5 Å². The zero-order chi connectivity index (χ0) is 35.4. The Morgan fingerprint density at radius 1 is 1.00 bits per heavy atom. The van der Waals surface area contributed by atoms with E-state index in [1.807, 2.05) is 49.9 Å². The van der Waals surface area contributed by atoms with Gasteiger partial charge in [-0.25, -0.2) is 19.9 Å². The van der Waals surface area contributed by atoms with Gasteiger partial charge in [-0.3, -0.25) is 29.8 Å². The molecule has 14 heteroatoms. The van der Waals surface area contributed by atoms with Crippen molar-refractivity contribution in [1.82, 2.24) is 24.8 Å². The molecule has 1 spiro atoms. The number of aryl methyl sites for hydroxylation is 1. The molecule has 262 valence electrons. The van der Waals surface area contributed by atoms with Gasteiger partial charge in [0.25, 0.3) is 0 Å². The van der Waals surface area contributed by atoms with Crippen molar-refractivity contribution in [3.05, 3.63) is 71.2 Å². The minimum Gasteiger partial charge on any atom is -0.475 e. The highest BCUT2D eigenvalue weighted by atomic mass is 16.5. The molecule has 0 unspecified atom stereocenters. The average Bonchev–Trinajstić information content (AvgIpc) is 3.68. The lowest BCUT2D eigenvalue weighted by Crippen LogP contribution is -2.51. The van der Waals surface area contributed by atoms with Gasteiger partial charge >= 0.3 is 0 Å². The predicted molar refractivity (Wildman–Crippen MR) is 194 cm³/mol. The average molecular weight is 680 g/mol. The zero-order valence-electron chi connectivity index (χ0n) is 29.2. The minimum atomic E-state index is -0.537. The van der Waals surface area contributed by atoms with E-state index in [-0.39, 0.29) is 23.6 Å². The Kier molecular flexibility index (Phi) is 10.2. The molecule has 6 heterocycles. The second kappa shape index (κ2) is 14.7. The number of likely N-dealkylation sites (tertiary alicyclic amines) is 1. The highest BCUT2D eigenvalue weighted by Gasteiger charge is 2.51. The fourth-order valence-electron chi connectivity index (χ4n) is 6.80. The summed E-state index contributed by atoms with van der Waals surface area (Å²) in [4.78, 5) is 56.8. The second-order valence-electron chi connectivity index (χ2n) is 13.4. The number of carbonyl (C=O) groups is 2. The lowest BCUT2D eigenvalue weighted by molar-refractivity contribution is -0.133. The van der Waals surface area contributed by atoms with E-state index in [0.717, 1.165) is 16.9 Å². The third-order valence-corrected chi connectivity index (χ3v) is 9.59. The van der Waals surface area contributed by atoms with Crippen LogP contribution in [0.3, 0.4) is 0 Å². The number of pyridine rings is 3. The monoisotopic (exact) mass is 679 g/mol. The number of amides is 2. The molecule has 50 heavy (non-hydrogen) atoms. The second-order valence-corrected chi connectivity index (χ2v) is 13.4. The predicted octanol–water partition coefficient (Wildman–Crippen LogP) is 2.52. The van der Waals surface area contributed by atoms with Gasteiger partial charge in [-0.1, -0.05) is 6.07 Å². The minimum absolute atomic E-state index is 0.00571. The summed E-state index contributed by atoms with van der Waals surface area (Å²) >= 11 is 0. The number of aliphatic imine (C=N–C) groups is 2. The molecule has 0 aliphatic carbocycles. The summed E-state index contributed by atoms with van der Waals surface area (Å²) in [5.74, 6) is 2.35. The van der Waals surface area contributed by atoms with E-state index in [4.69, 9.17) is 20.9 Å². The normalized spacial score (nSPS) is 20.1. The molecule has 0 saturated carbocycles. The van der Waals surface area contributed by atoms with Crippen molar-refractivity contribution in [2.75, 3.05) is 69.2 Å². The Labute approximate surface area is 292 Å². The Hall–Kier alpha value is -5.24. The molecule has 3 N–H and O–H groups in total. The molecule has 3 saturated heterocycles. The summed E-state index contributed by atoms with van der Waals surface area (Å²) in [7, 11) is 1.63. The van der Waals surface area contributed by atoms with Gasteiger partial charge in [0, 0.05) is 75.9 Å². The molecule has 3 fully saturated rings. The fourth-order valence-corrected chi connectivity index (χ4v) is 6.80. The molecule has 6 rings (SSSR count). The topological polar surface area (TPSA) is 170 Å². The lowest BCUT2D eigenvalue weighted by Gasteiger charge is -2.36. The molecule has 0 bridgehead atoms. The first-order chi connectivity index (χ1) is 24.1. The molecule has 2 amide bonds. The quantitative estimate of drug-likeness (QED) is 0.242. The van der Waals surface area contributed by atoms with Crippen molar-refractivity contribution >= 4 is 41.3 Å². The molecule has 3 aromatic rings. The van der Waals surface area contributed by atoms with Gasteiger partial charge in [-0.15, -0.1) is 0 Å². The maximum absolute atomic E-state index is 14.0. The Bertz CT molecular complexity index is 1780. The van der Waals surface area contributed by atoms with Crippen molar-refractivity contribution in [2.45, 2.75) is 39.7 Å². The highest BCUT2D eigenvalue weighted by Crippen LogP contribution is 2.42. The molecular weight excluding hydrogens is 634 g/mol. The summed E-state index contributed by atoms with van der Waals surface area (Å²) in [6.07, 6.45) is 6.13.